The summed E-state index contributed by atoms with van der Waals surface area (Å²) in [6.07, 6.45) is 4.75. The number of amides is 1. The Morgan fingerprint density at radius 3 is 2.37 bits per heavy atom. The molecule has 0 heterocycles. The van der Waals surface area contributed by atoms with Crippen LogP contribution in [0.25, 0.3) is 0 Å². The van der Waals surface area contributed by atoms with Gasteiger partial charge in [0.05, 0.1) is 12.1 Å². The van der Waals surface area contributed by atoms with Crippen LogP contribution < -0.4 is 5.73 Å². The third kappa shape index (κ3) is 5.09. The second-order valence-corrected chi connectivity index (χ2v) is 5.81. The van der Waals surface area contributed by atoms with Crippen LogP contribution in [0.1, 0.15) is 32.1 Å². The first-order valence-electron chi connectivity index (χ1n) is 7.21. The predicted octanol–water partition coefficient (Wildman–Crippen LogP) is 0.685. The highest BCUT2D eigenvalue weighted by atomic mass is 16.5. The molecule has 0 aromatic carbocycles. The first kappa shape index (κ1) is 16.4. The van der Waals surface area contributed by atoms with E-state index in [1.165, 1.54) is 0 Å². The van der Waals surface area contributed by atoms with Crippen molar-refractivity contribution in [2.24, 2.45) is 5.73 Å². The van der Waals surface area contributed by atoms with Gasteiger partial charge in [0.1, 0.15) is 0 Å². The Labute approximate surface area is 117 Å². The zero-order valence-corrected chi connectivity index (χ0v) is 12.7. The molecular weight excluding hydrogens is 242 g/mol. The van der Waals surface area contributed by atoms with E-state index in [1.54, 1.807) is 7.11 Å². The standard InChI is InChI=1S/C14H29N3O2/c1-16(2)9-6-10-17(11-12-19-3)13(18)14(15)7-4-5-8-14/h4-12,15H2,1-3H3. The second-order valence-electron chi connectivity index (χ2n) is 5.81. The fraction of sp³-hybridized carbons (Fsp3) is 0.929. The number of nitrogens with zero attached hydrogens (tertiary/aromatic N) is 2. The summed E-state index contributed by atoms with van der Waals surface area (Å²) in [6.45, 7) is 2.96. The van der Waals surface area contributed by atoms with E-state index >= 15 is 0 Å². The van der Waals surface area contributed by atoms with Crippen LogP contribution >= 0.6 is 0 Å². The number of hydrogen-bond donors (Lipinski definition) is 1. The van der Waals surface area contributed by atoms with Crippen molar-refractivity contribution in [2.75, 3.05) is 47.4 Å². The molecule has 1 amide bonds. The lowest BCUT2D eigenvalue weighted by molar-refractivity contribution is -0.137. The molecule has 0 unspecified atom stereocenters. The lowest BCUT2D eigenvalue weighted by Crippen LogP contribution is -2.54. The van der Waals surface area contributed by atoms with Gasteiger partial charge >= 0.3 is 0 Å². The van der Waals surface area contributed by atoms with E-state index in [1.807, 2.05) is 19.0 Å². The van der Waals surface area contributed by atoms with Crippen molar-refractivity contribution in [3.05, 3.63) is 0 Å². The molecule has 0 radical (unpaired) electrons. The van der Waals surface area contributed by atoms with Gasteiger partial charge in [0, 0.05) is 20.2 Å². The fourth-order valence-corrected chi connectivity index (χ4v) is 2.63. The van der Waals surface area contributed by atoms with Crippen LogP contribution in [-0.2, 0) is 9.53 Å². The Balaban J connectivity index is 2.53. The molecule has 5 heteroatoms. The van der Waals surface area contributed by atoms with Gasteiger partial charge in [-0.3, -0.25) is 4.79 Å². The molecule has 1 aliphatic carbocycles. The van der Waals surface area contributed by atoms with E-state index in [2.05, 4.69) is 4.90 Å². The molecule has 112 valence electrons. The summed E-state index contributed by atoms with van der Waals surface area (Å²) in [5.41, 5.74) is 5.65. The molecule has 0 aromatic rings. The maximum absolute atomic E-state index is 12.6. The van der Waals surface area contributed by atoms with Gasteiger partial charge < -0.3 is 20.3 Å². The molecule has 1 fully saturated rings. The van der Waals surface area contributed by atoms with Gasteiger partial charge in [-0.05, 0) is 39.9 Å². The highest BCUT2D eigenvalue weighted by Gasteiger charge is 2.39. The maximum atomic E-state index is 12.6. The van der Waals surface area contributed by atoms with Crippen LogP contribution in [0, 0.1) is 0 Å². The summed E-state index contributed by atoms with van der Waals surface area (Å²) in [5, 5.41) is 0. The molecule has 1 aliphatic rings. The zero-order chi connectivity index (χ0) is 14.3. The van der Waals surface area contributed by atoms with Crippen molar-refractivity contribution in [1.82, 2.24) is 9.80 Å². The fourth-order valence-electron chi connectivity index (χ4n) is 2.63. The number of methoxy groups -OCH3 is 1. The Hall–Kier alpha value is -0.650. The number of carbonyl (C=O) groups excluding carboxylic acids is 1. The summed E-state index contributed by atoms with van der Waals surface area (Å²) in [7, 11) is 5.75. The Morgan fingerprint density at radius 2 is 1.84 bits per heavy atom. The second kappa shape index (κ2) is 7.82. The van der Waals surface area contributed by atoms with E-state index in [4.69, 9.17) is 10.5 Å². The number of nitrogens with two attached hydrogens (primary N) is 1. The van der Waals surface area contributed by atoms with E-state index in [0.717, 1.165) is 45.2 Å². The maximum Gasteiger partial charge on any atom is 0.242 e. The van der Waals surface area contributed by atoms with E-state index in [-0.39, 0.29) is 5.91 Å². The molecular formula is C14H29N3O2. The van der Waals surface area contributed by atoms with Crippen molar-refractivity contribution in [2.45, 2.75) is 37.6 Å². The van der Waals surface area contributed by atoms with Gasteiger partial charge in [0.25, 0.3) is 0 Å². The largest absolute Gasteiger partial charge is 0.383 e. The summed E-state index contributed by atoms with van der Waals surface area (Å²) in [4.78, 5) is 16.6. The first-order chi connectivity index (χ1) is 8.99. The van der Waals surface area contributed by atoms with E-state index in [9.17, 15) is 4.79 Å². The molecule has 19 heavy (non-hydrogen) atoms. The Kier molecular flexibility index (Phi) is 6.75. The summed E-state index contributed by atoms with van der Waals surface area (Å²) < 4.78 is 5.10. The molecule has 0 saturated heterocycles. The van der Waals surface area contributed by atoms with Gasteiger partial charge in [-0.25, -0.2) is 0 Å². The number of carbonyl (C=O) groups is 1. The monoisotopic (exact) mass is 271 g/mol. The van der Waals surface area contributed by atoms with Crippen molar-refractivity contribution >= 4 is 5.91 Å². The van der Waals surface area contributed by atoms with Crippen LogP contribution in [-0.4, -0.2) is 68.7 Å². The first-order valence-corrected chi connectivity index (χ1v) is 7.21. The minimum absolute atomic E-state index is 0.112. The number of rotatable bonds is 8. The molecule has 0 bridgehead atoms. The van der Waals surface area contributed by atoms with Crippen molar-refractivity contribution in [3.8, 4) is 0 Å². The highest BCUT2D eigenvalue weighted by molar-refractivity contribution is 5.86. The lowest BCUT2D eigenvalue weighted by Gasteiger charge is -2.31. The zero-order valence-electron chi connectivity index (χ0n) is 12.7. The van der Waals surface area contributed by atoms with Gasteiger partial charge in [-0.15, -0.1) is 0 Å². The average Bonchev–Trinajstić information content (AvgIpc) is 2.80. The van der Waals surface area contributed by atoms with Gasteiger partial charge in [-0.1, -0.05) is 12.8 Å². The van der Waals surface area contributed by atoms with Crippen molar-refractivity contribution in [3.63, 3.8) is 0 Å². The molecule has 0 spiro atoms. The van der Waals surface area contributed by atoms with Gasteiger partial charge in [-0.2, -0.15) is 0 Å². The van der Waals surface area contributed by atoms with Gasteiger partial charge in [0.2, 0.25) is 5.91 Å². The predicted molar refractivity (Wildman–Crippen MR) is 77.0 cm³/mol. The molecule has 1 saturated carbocycles. The van der Waals surface area contributed by atoms with Crippen LogP contribution in [0.3, 0.4) is 0 Å². The molecule has 2 N–H and O–H groups in total. The normalized spacial score (nSPS) is 17.9. The summed E-state index contributed by atoms with van der Waals surface area (Å²) >= 11 is 0. The Morgan fingerprint density at radius 1 is 1.21 bits per heavy atom. The van der Waals surface area contributed by atoms with Gasteiger partial charge in [0.15, 0.2) is 0 Å². The topological polar surface area (TPSA) is 58.8 Å². The minimum Gasteiger partial charge on any atom is -0.383 e. The highest BCUT2D eigenvalue weighted by Crippen LogP contribution is 2.29. The van der Waals surface area contributed by atoms with Crippen LogP contribution in [0.15, 0.2) is 0 Å². The smallest absolute Gasteiger partial charge is 0.242 e. The lowest BCUT2D eigenvalue weighted by atomic mass is 9.97. The third-order valence-electron chi connectivity index (χ3n) is 3.81. The number of ether oxygens (including phenoxy) is 1. The van der Waals surface area contributed by atoms with Crippen molar-refractivity contribution in [1.29, 1.82) is 0 Å². The molecule has 0 aliphatic heterocycles. The molecule has 0 atom stereocenters. The SMILES string of the molecule is COCCN(CCCN(C)C)C(=O)C1(N)CCCC1. The Bertz CT molecular complexity index is 276. The van der Waals surface area contributed by atoms with Crippen LogP contribution in [0.5, 0.6) is 0 Å². The average molecular weight is 271 g/mol. The minimum atomic E-state index is -0.619. The molecule has 0 aromatic heterocycles. The summed E-state index contributed by atoms with van der Waals surface area (Å²) in [5.74, 6) is 0.112. The molecule has 5 nitrogen and oxygen atoms in total. The van der Waals surface area contributed by atoms with Crippen molar-refractivity contribution < 1.29 is 9.53 Å². The van der Waals surface area contributed by atoms with Crippen LogP contribution in [0.2, 0.25) is 0 Å². The van der Waals surface area contributed by atoms with E-state index in [0.29, 0.717) is 13.2 Å². The quantitative estimate of drug-likeness (QED) is 0.705. The van der Waals surface area contributed by atoms with E-state index < -0.39 is 5.54 Å². The van der Waals surface area contributed by atoms with Crippen LogP contribution in [0.4, 0.5) is 0 Å². The summed E-state index contributed by atoms with van der Waals surface area (Å²) in [6, 6.07) is 0. The third-order valence-corrected chi connectivity index (χ3v) is 3.81. The number of hydrogen-bond acceptors (Lipinski definition) is 4. The molecule has 1 rings (SSSR count).